The molecule has 0 bridgehead atoms. The third-order valence-electron chi connectivity index (χ3n) is 3.46. The molecule has 2 N–H and O–H groups in total. The van der Waals surface area contributed by atoms with Crippen molar-refractivity contribution >= 4 is 9.84 Å². The van der Waals surface area contributed by atoms with Gasteiger partial charge in [-0.15, -0.1) is 0 Å². The van der Waals surface area contributed by atoms with Crippen molar-refractivity contribution < 1.29 is 18.3 Å². The molecular weight excluding hydrogens is 266 g/mol. The average molecular weight is 285 g/mol. The highest BCUT2D eigenvalue weighted by Gasteiger charge is 2.37. The van der Waals surface area contributed by atoms with Crippen molar-refractivity contribution in [3.8, 4) is 5.75 Å². The normalized spacial score (nSPS) is 27.4. The maximum Gasteiger partial charge on any atom is 0.175 e. The van der Waals surface area contributed by atoms with E-state index in [0.29, 0.717) is 25.4 Å². The van der Waals surface area contributed by atoms with E-state index >= 15 is 0 Å². The number of hydrogen-bond donors (Lipinski definition) is 2. The molecule has 106 valence electrons. The van der Waals surface area contributed by atoms with Gasteiger partial charge in [-0.1, -0.05) is 0 Å². The summed E-state index contributed by atoms with van der Waals surface area (Å²) in [6.45, 7) is 3.47. The molecule has 1 aromatic rings. The summed E-state index contributed by atoms with van der Waals surface area (Å²) in [6.07, 6.45) is 1.17. The van der Waals surface area contributed by atoms with E-state index in [1.54, 1.807) is 19.1 Å². The van der Waals surface area contributed by atoms with Gasteiger partial charge in [-0.25, -0.2) is 8.42 Å². The van der Waals surface area contributed by atoms with Crippen molar-refractivity contribution in [2.45, 2.75) is 17.4 Å². The van der Waals surface area contributed by atoms with Crippen molar-refractivity contribution in [2.75, 3.05) is 26.0 Å². The molecule has 1 saturated heterocycles. The van der Waals surface area contributed by atoms with E-state index in [4.69, 9.17) is 4.74 Å². The van der Waals surface area contributed by atoms with Gasteiger partial charge in [0.2, 0.25) is 0 Å². The number of ether oxygens (including phenoxy) is 1. The van der Waals surface area contributed by atoms with Crippen LogP contribution in [0.5, 0.6) is 5.75 Å². The van der Waals surface area contributed by atoms with Crippen LogP contribution in [0.3, 0.4) is 0 Å². The molecule has 0 amide bonds. The molecular formula is C13H19NO4S. The van der Waals surface area contributed by atoms with Crippen LogP contribution >= 0.6 is 0 Å². The molecule has 1 heterocycles. The smallest absolute Gasteiger partial charge is 0.175 e. The Hall–Kier alpha value is -1.11. The van der Waals surface area contributed by atoms with Gasteiger partial charge in [-0.2, -0.15) is 0 Å². The quantitative estimate of drug-likeness (QED) is 0.839. The molecule has 1 fully saturated rings. The third kappa shape index (κ3) is 3.46. The maximum atomic E-state index is 11.3. The Kier molecular flexibility index (Phi) is 3.85. The molecule has 2 unspecified atom stereocenters. The highest BCUT2D eigenvalue weighted by molar-refractivity contribution is 7.90. The SMILES string of the molecule is CC1(O)CNCC1COc1ccc(S(C)(=O)=O)cc1. The Morgan fingerprint density at radius 2 is 2.05 bits per heavy atom. The first-order valence-electron chi connectivity index (χ1n) is 6.15. The standard InChI is InChI=1S/C13H19NO4S/c1-13(15)9-14-7-10(13)8-18-11-3-5-12(6-4-11)19(2,16)17/h3-6,10,14-15H,7-9H2,1-2H3. The molecule has 5 nitrogen and oxygen atoms in total. The zero-order valence-electron chi connectivity index (χ0n) is 11.1. The summed E-state index contributed by atoms with van der Waals surface area (Å²) in [6, 6.07) is 6.31. The molecule has 0 aromatic heterocycles. The van der Waals surface area contributed by atoms with Crippen molar-refractivity contribution in [3.63, 3.8) is 0 Å². The Morgan fingerprint density at radius 3 is 2.53 bits per heavy atom. The molecule has 2 atom stereocenters. The summed E-state index contributed by atoms with van der Waals surface area (Å²) in [7, 11) is -3.17. The lowest BCUT2D eigenvalue weighted by Crippen LogP contribution is -2.37. The summed E-state index contributed by atoms with van der Waals surface area (Å²) < 4.78 is 28.2. The van der Waals surface area contributed by atoms with E-state index in [0.717, 1.165) is 0 Å². The van der Waals surface area contributed by atoms with E-state index in [1.165, 1.54) is 18.4 Å². The van der Waals surface area contributed by atoms with Gasteiger partial charge in [0.15, 0.2) is 9.84 Å². The van der Waals surface area contributed by atoms with Crippen molar-refractivity contribution in [3.05, 3.63) is 24.3 Å². The molecule has 0 radical (unpaired) electrons. The first kappa shape index (κ1) is 14.3. The van der Waals surface area contributed by atoms with Crippen molar-refractivity contribution in [1.82, 2.24) is 5.32 Å². The van der Waals surface area contributed by atoms with Gasteiger partial charge < -0.3 is 15.2 Å². The molecule has 1 aliphatic heterocycles. The number of aliphatic hydroxyl groups is 1. The highest BCUT2D eigenvalue weighted by Crippen LogP contribution is 2.23. The number of rotatable bonds is 4. The number of nitrogens with one attached hydrogen (secondary N) is 1. The van der Waals surface area contributed by atoms with Crippen LogP contribution in [0.2, 0.25) is 0 Å². The van der Waals surface area contributed by atoms with Crippen LogP contribution in [0.4, 0.5) is 0 Å². The van der Waals surface area contributed by atoms with E-state index in [-0.39, 0.29) is 10.8 Å². The lowest BCUT2D eigenvalue weighted by Gasteiger charge is -2.24. The van der Waals surface area contributed by atoms with Gasteiger partial charge >= 0.3 is 0 Å². The third-order valence-corrected chi connectivity index (χ3v) is 4.58. The summed E-state index contributed by atoms with van der Waals surface area (Å²) >= 11 is 0. The minimum atomic E-state index is -3.17. The molecule has 0 aliphatic carbocycles. The Labute approximate surface area is 113 Å². The minimum absolute atomic E-state index is 0.0297. The summed E-state index contributed by atoms with van der Waals surface area (Å²) in [5.74, 6) is 0.636. The Morgan fingerprint density at radius 1 is 1.42 bits per heavy atom. The van der Waals surface area contributed by atoms with Crippen molar-refractivity contribution in [2.24, 2.45) is 5.92 Å². The zero-order valence-corrected chi connectivity index (χ0v) is 11.9. The number of benzene rings is 1. The van der Waals surface area contributed by atoms with Gasteiger partial charge in [0, 0.05) is 25.3 Å². The second kappa shape index (κ2) is 5.11. The van der Waals surface area contributed by atoms with E-state index in [2.05, 4.69) is 5.32 Å². The van der Waals surface area contributed by atoms with Crippen molar-refractivity contribution in [1.29, 1.82) is 0 Å². The van der Waals surface area contributed by atoms with Gasteiger partial charge in [-0.05, 0) is 31.2 Å². The number of sulfone groups is 1. The van der Waals surface area contributed by atoms with E-state index < -0.39 is 15.4 Å². The predicted molar refractivity (Wildman–Crippen MR) is 72.0 cm³/mol. The van der Waals surface area contributed by atoms with Crippen LogP contribution in [-0.2, 0) is 9.84 Å². The van der Waals surface area contributed by atoms with Gasteiger partial charge in [0.1, 0.15) is 5.75 Å². The summed E-state index contributed by atoms with van der Waals surface area (Å²) in [5.41, 5.74) is -0.757. The summed E-state index contributed by atoms with van der Waals surface area (Å²) in [5, 5.41) is 13.2. The van der Waals surface area contributed by atoms with Gasteiger partial charge in [-0.3, -0.25) is 0 Å². The predicted octanol–water partition coefficient (Wildman–Crippen LogP) is 0.439. The Bertz CT molecular complexity index is 536. The molecule has 19 heavy (non-hydrogen) atoms. The fraction of sp³-hybridized carbons (Fsp3) is 0.538. The van der Waals surface area contributed by atoms with E-state index in [9.17, 15) is 13.5 Å². The Balaban J connectivity index is 1.97. The van der Waals surface area contributed by atoms with Gasteiger partial charge in [0.25, 0.3) is 0 Å². The van der Waals surface area contributed by atoms with E-state index in [1.807, 2.05) is 0 Å². The van der Waals surface area contributed by atoms with Crippen LogP contribution in [0.25, 0.3) is 0 Å². The molecule has 6 heteroatoms. The highest BCUT2D eigenvalue weighted by atomic mass is 32.2. The fourth-order valence-corrected chi connectivity index (χ4v) is 2.71. The number of β-amino-alcohol motifs (C(OH)–C–C–N with tert-alkyl or cyclic N) is 1. The largest absolute Gasteiger partial charge is 0.493 e. The number of hydrogen-bond acceptors (Lipinski definition) is 5. The molecule has 0 saturated carbocycles. The minimum Gasteiger partial charge on any atom is -0.493 e. The zero-order chi connectivity index (χ0) is 14.1. The molecule has 1 aromatic carbocycles. The van der Waals surface area contributed by atoms with Crippen LogP contribution in [0, 0.1) is 5.92 Å². The first-order chi connectivity index (χ1) is 8.79. The fourth-order valence-electron chi connectivity index (χ4n) is 2.08. The monoisotopic (exact) mass is 285 g/mol. The van der Waals surface area contributed by atoms with Crippen LogP contribution in [-0.4, -0.2) is 45.1 Å². The average Bonchev–Trinajstić information content (AvgIpc) is 2.65. The van der Waals surface area contributed by atoms with Crippen LogP contribution in [0.15, 0.2) is 29.2 Å². The second-order valence-corrected chi connectivity index (χ2v) is 7.26. The lowest BCUT2D eigenvalue weighted by atomic mass is 9.94. The molecule has 1 aliphatic rings. The van der Waals surface area contributed by atoms with Gasteiger partial charge in [0.05, 0.1) is 17.1 Å². The topological polar surface area (TPSA) is 75.6 Å². The first-order valence-corrected chi connectivity index (χ1v) is 8.04. The summed E-state index contributed by atoms with van der Waals surface area (Å²) in [4.78, 5) is 0.273. The van der Waals surface area contributed by atoms with Crippen LogP contribution in [0.1, 0.15) is 6.92 Å². The van der Waals surface area contributed by atoms with Crippen LogP contribution < -0.4 is 10.1 Å². The molecule has 2 rings (SSSR count). The molecule has 0 spiro atoms. The maximum absolute atomic E-state index is 11.3. The second-order valence-electron chi connectivity index (χ2n) is 5.24. The lowest BCUT2D eigenvalue weighted by molar-refractivity contribution is 0.0168.